The van der Waals surface area contributed by atoms with Crippen LogP contribution in [0.3, 0.4) is 0 Å². The molecule has 4 aromatic rings. The summed E-state index contributed by atoms with van der Waals surface area (Å²) in [5, 5.41) is 3.97. The molecule has 0 fully saturated rings. The quantitative estimate of drug-likeness (QED) is 0.153. The van der Waals surface area contributed by atoms with Gasteiger partial charge < -0.3 is 34.7 Å². The number of nitrogens with zero attached hydrogens (tertiary/aromatic N) is 2. The summed E-state index contributed by atoms with van der Waals surface area (Å²) in [6.45, 7) is 19.6. The van der Waals surface area contributed by atoms with Crippen LogP contribution >= 0.6 is 23.2 Å². The lowest BCUT2D eigenvalue weighted by Gasteiger charge is -2.25. The summed E-state index contributed by atoms with van der Waals surface area (Å²) in [6.07, 6.45) is 4.90. The Morgan fingerprint density at radius 1 is 0.764 bits per heavy atom. The number of carbonyl (C=O) groups excluding carboxylic acids is 1. The molecule has 1 amide bonds. The molecule has 55 heavy (non-hydrogen) atoms. The minimum Gasteiger partial charge on any atom is -0.490 e. The third kappa shape index (κ3) is 11.6. The number of carbonyl (C=O) groups is 1. The summed E-state index contributed by atoms with van der Waals surface area (Å²) in [4.78, 5) is 20.9. The SMILES string of the molecule is Cc1cc2c(cn1)COc1cc(OC[C@@H](N)CC(C)C)c(Cl)cc1-2.Cc1cc2c(cn1)COc1cc(OC[C@H](CC(C)C)NC(=O)OC(C)(C)C)c(Cl)cc1-2. The number of rotatable bonds is 11. The lowest BCUT2D eigenvalue weighted by atomic mass is 9.98. The van der Waals surface area contributed by atoms with E-state index in [1.165, 1.54) is 0 Å². The Morgan fingerprint density at radius 3 is 1.69 bits per heavy atom. The molecule has 0 saturated carbocycles. The molecule has 10 nitrogen and oxygen atoms in total. The Labute approximate surface area is 335 Å². The van der Waals surface area contributed by atoms with E-state index in [0.29, 0.717) is 53.2 Å². The molecular formula is C43H54Cl2N4O6. The molecule has 4 heterocycles. The first-order chi connectivity index (χ1) is 25.9. The zero-order chi connectivity index (χ0) is 40.0. The number of nitrogens with two attached hydrogens (primary N) is 1. The van der Waals surface area contributed by atoms with Gasteiger partial charge in [0.2, 0.25) is 0 Å². The van der Waals surface area contributed by atoms with Crippen LogP contribution in [-0.2, 0) is 18.0 Å². The summed E-state index contributed by atoms with van der Waals surface area (Å²) >= 11 is 13.0. The molecule has 0 saturated heterocycles. The standard InChI is InChI=1S/C24H31ClN2O4.C19H23ClN2O2/c1-14(2)7-17(27-23(28)31-24(4,5)6)13-30-22-10-21-19(9-20(22)25)18-8-15(3)26-11-16(18)12-29-21;1-11(2)4-14(21)10-24-19-7-18-16(6-17(19)20)15-5-12(3)22-8-13(15)9-23-18/h8-11,14,17H,7,12-13H2,1-6H3,(H,27,28);5-8,11,14H,4,9-10,21H2,1-3H3/t17-;14-/m00/s1. The van der Waals surface area contributed by atoms with Gasteiger partial charge in [-0.05, 0) is 94.7 Å². The van der Waals surface area contributed by atoms with E-state index >= 15 is 0 Å². The van der Waals surface area contributed by atoms with Crippen molar-refractivity contribution in [3.05, 3.63) is 81.4 Å². The van der Waals surface area contributed by atoms with Crippen LogP contribution in [0.15, 0.2) is 48.8 Å². The first kappa shape index (κ1) is 41.9. The van der Waals surface area contributed by atoms with Crippen LogP contribution in [0.1, 0.15) is 83.8 Å². The van der Waals surface area contributed by atoms with Gasteiger partial charge in [0, 0.05) is 64.2 Å². The minimum absolute atomic E-state index is 0.00697. The van der Waals surface area contributed by atoms with Gasteiger partial charge in [-0.1, -0.05) is 50.9 Å². The van der Waals surface area contributed by atoms with Gasteiger partial charge in [-0.15, -0.1) is 0 Å². The van der Waals surface area contributed by atoms with Crippen LogP contribution in [0.2, 0.25) is 10.0 Å². The van der Waals surface area contributed by atoms with Crippen molar-refractivity contribution in [1.29, 1.82) is 0 Å². The fourth-order valence-corrected chi connectivity index (χ4v) is 6.88. The van der Waals surface area contributed by atoms with Crippen molar-refractivity contribution in [2.45, 2.75) is 106 Å². The monoisotopic (exact) mass is 792 g/mol. The van der Waals surface area contributed by atoms with Gasteiger partial charge in [0.1, 0.15) is 55.0 Å². The average molecular weight is 794 g/mol. The first-order valence-corrected chi connectivity index (χ1v) is 19.6. The molecule has 2 aliphatic rings. The third-order valence-electron chi connectivity index (χ3n) is 8.81. The lowest BCUT2D eigenvalue weighted by Crippen LogP contribution is -2.42. The summed E-state index contributed by atoms with van der Waals surface area (Å²) in [5.41, 5.74) is 13.6. The van der Waals surface area contributed by atoms with E-state index in [2.05, 4.69) is 49.0 Å². The Balaban J connectivity index is 0.000000218. The smallest absolute Gasteiger partial charge is 0.407 e. The number of alkyl carbamates (subject to hydrolysis) is 1. The number of ether oxygens (including phenoxy) is 5. The van der Waals surface area contributed by atoms with Crippen LogP contribution < -0.4 is 30.0 Å². The Hall–Kier alpha value is -4.25. The van der Waals surface area contributed by atoms with Gasteiger partial charge >= 0.3 is 6.09 Å². The minimum atomic E-state index is -0.559. The topological polar surface area (TPSA) is 127 Å². The highest BCUT2D eigenvalue weighted by molar-refractivity contribution is 6.32. The molecule has 0 radical (unpaired) electrons. The van der Waals surface area contributed by atoms with Crippen LogP contribution in [0, 0.1) is 25.7 Å². The number of aromatic nitrogens is 2. The number of halogens is 2. The summed E-state index contributed by atoms with van der Waals surface area (Å²) in [5.74, 6) is 3.56. The van der Waals surface area contributed by atoms with E-state index in [4.69, 9.17) is 52.6 Å². The Kier molecular flexibility index (Phi) is 13.8. The van der Waals surface area contributed by atoms with Crippen molar-refractivity contribution in [1.82, 2.24) is 15.3 Å². The van der Waals surface area contributed by atoms with E-state index in [1.807, 2.05) is 77.3 Å². The molecule has 2 aromatic carbocycles. The second-order valence-electron chi connectivity index (χ2n) is 16.1. The first-order valence-electron chi connectivity index (χ1n) is 18.8. The van der Waals surface area contributed by atoms with E-state index in [-0.39, 0.29) is 18.7 Å². The average Bonchev–Trinajstić information content (AvgIpc) is 3.08. The highest BCUT2D eigenvalue weighted by atomic mass is 35.5. The van der Waals surface area contributed by atoms with Gasteiger partial charge in [0.25, 0.3) is 0 Å². The van der Waals surface area contributed by atoms with Gasteiger partial charge in [-0.25, -0.2) is 4.79 Å². The predicted octanol–water partition coefficient (Wildman–Crippen LogP) is 10.3. The number of pyridine rings is 2. The third-order valence-corrected chi connectivity index (χ3v) is 9.40. The molecule has 0 unspecified atom stereocenters. The molecule has 2 atom stereocenters. The van der Waals surface area contributed by atoms with Crippen LogP contribution in [-0.4, -0.2) is 47.0 Å². The lowest BCUT2D eigenvalue weighted by molar-refractivity contribution is 0.0480. The maximum Gasteiger partial charge on any atom is 0.407 e. The van der Waals surface area contributed by atoms with Crippen molar-refractivity contribution in [3.8, 4) is 45.3 Å². The maximum atomic E-state index is 12.2. The second kappa shape index (κ2) is 18.1. The van der Waals surface area contributed by atoms with Crippen molar-refractivity contribution in [2.24, 2.45) is 17.6 Å². The summed E-state index contributed by atoms with van der Waals surface area (Å²) < 4.78 is 29.0. The van der Waals surface area contributed by atoms with Crippen LogP contribution in [0.5, 0.6) is 23.0 Å². The van der Waals surface area contributed by atoms with Gasteiger partial charge in [0.15, 0.2) is 0 Å². The van der Waals surface area contributed by atoms with Gasteiger partial charge in [-0.2, -0.15) is 0 Å². The number of hydrogen-bond donors (Lipinski definition) is 2. The number of fused-ring (bicyclic) bond motifs is 6. The van der Waals surface area contributed by atoms with Crippen molar-refractivity contribution in [2.75, 3.05) is 13.2 Å². The van der Waals surface area contributed by atoms with Gasteiger partial charge in [0.05, 0.1) is 16.1 Å². The van der Waals surface area contributed by atoms with Crippen LogP contribution in [0.25, 0.3) is 22.3 Å². The van der Waals surface area contributed by atoms with E-state index in [9.17, 15) is 4.79 Å². The Bertz CT molecular complexity index is 1980. The highest BCUT2D eigenvalue weighted by Crippen LogP contribution is 2.44. The molecule has 0 spiro atoms. The molecular weight excluding hydrogens is 739 g/mol. The number of hydrogen-bond acceptors (Lipinski definition) is 9. The molecule has 0 aliphatic carbocycles. The fourth-order valence-electron chi connectivity index (χ4n) is 6.44. The largest absolute Gasteiger partial charge is 0.490 e. The van der Waals surface area contributed by atoms with E-state index in [1.54, 1.807) is 0 Å². The number of benzene rings is 2. The zero-order valence-electron chi connectivity index (χ0n) is 33.3. The van der Waals surface area contributed by atoms with Crippen molar-refractivity contribution < 1.29 is 28.5 Å². The second-order valence-corrected chi connectivity index (χ2v) is 16.9. The van der Waals surface area contributed by atoms with Crippen molar-refractivity contribution in [3.63, 3.8) is 0 Å². The highest BCUT2D eigenvalue weighted by Gasteiger charge is 2.24. The molecule has 6 rings (SSSR count). The molecule has 0 bridgehead atoms. The van der Waals surface area contributed by atoms with Gasteiger partial charge in [-0.3, -0.25) is 9.97 Å². The predicted molar refractivity (Wildman–Crippen MR) is 219 cm³/mol. The van der Waals surface area contributed by atoms with E-state index in [0.717, 1.165) is 69.1 Å². The molecule has 3 N–H and O–H groups in total. The molecule has 2 aromatic heterocycles. The summed E-state index contributed by atoms with van der Waals surface area (Å²) in [6, 6.07) is 11.3. The summed E-state index contributed by atoms with van der Waals surface area (Å²) in [7, 11) is 0. The molecule has 296 valence electrons. The van der Waals surface area contributed by atoms with Crippen molar-refractivity contribution >= 4 is 29.3 Å². The fraction of sp³-hybridized carbons (Fsp3) is 0.465. The van der Waals surface area contributed by atoms with Crippen LogP contribution in [0.4, 0.5) is 4.79 Å². The zero-order valence-corrected chi connectivity index (χ0v) is 34.9. The maximum absolute atomic E-state index is 12.2. The number of aryl methyl sites for hydroxylation is 2. The molecule has 2 aliphatic heterocycles. The Morgan fingerprint density at radius 2 is 1.24 bits per heavy atom. The molecule has 12 heteroatoms. The number of amides is 1. The number of nitrogens with one attached hydrogen (secondary N) is 1. The van der Waals surface area contributed by atoms with E-state index < -0.39 is 11.7 Å². The normalized spacial score (nSPS) is 13.8.